The number of thiocarbonyl (C=S) groups is 1. The van der Waals surface area contributed by atoms with Crippen molar-refractivity contribution in [3.05, 3.63) is 21.6 Å². The van der Waals surface area contributed by atoms with E-state index in [1.807, 2.05) is 4.83 Å². The molecule has 1 rings (SSSR count). The lowest BCUT2D eigenvalue weighted by Crippen LogP contribution is -2.44. The van der Waals surface area contributed by atoms with Crippen LogP contribution in [0, 0.1) is 0 Å². The zero-order chi connectivity index (χ0) is 13.9. The van der Waals surface area contributed by atoms with Crippen molar-refractivity contribution < 1.29 is 13.2 Å². The van der Waals surface area contributed by atoms with Crippen LogP contribution in [0.1, 0.15) is 0 Å². The van der Waals surface area contributed by atoms with Crippen molar-refractivity contribution in [1.29, 1.82) is 0 Å². The summed E-state index contributed by atoms with van der Waals surface area (Å²) in [6.45, 7) is 0. The van der Waals surface area contributed by atoms with E-state index in [1.54, 1.807) is 0 Å². The predicted octanol–water partition coefficient (Wildman–Crippen LogP) is 1.14. The van der Waals surface area contributed by atoms with E-state index in [9.17, 15) is 8.42 Å². The lowest BCUT2D eigenvalue weighted by molar-refractivity contribution is 0.399. The molecule has 0 aliphatic carbocycles. The number of ether oxygens (including phenoxy) is 1. The van der Waals surface area contributed by atoms with Gasteiger partial charge in [-0.3, -0.25) is 5.43 Å². The van der Waals surface area contributed by atoms with Gasteiger partial charge in [-0.2, -0.15) is 0 Å². The fourth-order valence-electron chi connectivity index (χ4n) is 1.11. The molecular weight excluding hydrogens is 366 g/mol. The molecule has 10 heteroatoms. The topological polar surface area (TPSA) is 93.5 Å². The molecule has 0 amide bonds. The molecule has 18 heavy (non-hydrogen) atoms. The Morgan fingerprint density at radius 1 is 1.56 bits per heavy atom. The van der Waals surface area contributed by atoms with Crippen LogP contribution in [-0.2, 0) is 10.0 Å². The number of nitrogens with one attached hydrogen (secondary N) is 2. The summed E-state index contributed by atoms with van der Waals surface area (Å²) in [5.74, 6) is 0.122. The van der Waals surface area contributed by atoms with Gasteiger partial charge in [0.1, 0.15) is 4.90 Å². The molecule has 0 aromatic heterocycles. The normalized spacial score (nSPS) is 11.1. The summed E-state index contributed by atoms with van der Waals surface area (Å²) in [6.07, 6.45) is 0. The minimum Gasteiger partial charge on any atom is -0.494 e. The molecule has 0 fully saturated rings. The average molecular weight is 375 g/mol. The molecule has 0 aliphatic rings. The Bertz CT molecular complexity index is 579. The Hall–Kier alpha value is -0.610. The zero-order valence-corrected chi connectivity index (χ0v) is 13.0. The van der Waals surface area contributed by atoms with Gasteiger partial charge in [-0.1, -0.05) is 11.6 Å². The van der Waals surface area contributed by atoms with Crippen LogP contribution < -0.4 is 20.7 Å². The fraction of sp³-hybridized carbons (Fsp3) is 0.125. The van der Waals surface area contributed by atoms with Gasteiger partial charge >= 0.3 is 0 Å². The molecular formula is C8H9BrClN3O3S2. The zero-order valence-electron chi connectivity index (χ0n) is 9.03. The lowest BCUT2D eigenvalue weighted by Gasteiger charge is -2.13. The predicted molar refractivity (Wildman–Crippen MR) is 75.9 cm³/mol. The van der Waals surface area contributed by atoms with Crippen molar-refractivity contribution in [2.45, 2.75) is 4.90 Å². The van der Waals surface area contributed by atoms with Gasteiger partial charge in [0.05, 0.1) is 11.6 Å². The average Bonchev–Trinajstić information content (AvgIpc) is 2.25. The molecule has 0 bridgehead atoms. The third kappa shape index (κ3) is 3.69. The van der Waals surface area contributed by atoms with Gasteiger partial charge in [-0.25, -0.2) is 8.42 Å². The molecule has 0 aliphatic heterocycles. The Morgan fingerprint density at radius 2 is 2.17 bits per heavy atom. The lowest BCUT2D eigenvalue weighted by atomic mass is 10.3. The largest absolute Gasteiger partial charge is 0.494 e. The monoisotopic (exact) mass is 373 g/mol. The first-order valence-corrected chi connectivity index (χ1v) is 7.44. The Labute approximate surface area is 123 Å². The van der Waals surface area contributed by atoms with E-state index < -0.39 is 10.0 Å². The Kier molecular flexibility index (Phi) is 5.17. The van der Waals surface area contributed by atoms with Crippen molar-refractivity contribution in [2.75, 3.05) is 7.11 Å². The maximum absolute atomic E-state index is 12.0. The van der Waals surface area contributed by atoms with Crippen molar-refractivity contribution in [1.82, 2.24) is 10.3 Å². The molecule has 0 saturated carbocycles. The molecule has 4 N–H and O–H groups in total. The minimum atomic E-state index is -3.91. The minimum absolute atomic E-state index is 0.122. The van der Waals surface area contributed by atoms with E-state index in [0.717, 1.165) is 0 Å². The van der Waals surface area contributed by atoms with E-state index in [2.05, 4.69) is 33.6 Å². The van der Waals surface area contributed by atoms with E-state index >= 15 is 0 Å². The van der Waals surface area contributed by atoms with Gasteiger partial charge in [0.15, 0.2) is 10.9 Å². The number of halogens is 2. The molecule has 0 unspecified atom stereocenters. The molecule has 0 atom stereocenters. The van der Waals surface area contributed by atoms with Crippen LogP contribution in [0.25, 0.3) is 0 Å². The van der Waals surface area contributed by atoms with E-state index in [1.165, 1.54) is 19.2 Å². The summed E-state index contributed by atoms with van der Waals surface area (Å²) in [5, 5.41) is 0.0250. The van der Waals surface area contributed by atoms with Gasteiger partial charge in [0, 0.05) is 5.02 Å². The quantitative estimate of drug-likeness (QED) is 0.540. The number of hydrogen-bond acceptors (Lipinski definition) is 4. The highest BCUT2D eigenvalue weighted by molar-refractivity contribution is 9.10. The molecule has 0 heterocycles. The SMILES string of the molecule is COc1c(Br)cc(Cl)cc1S(=O)(=O)NNC(N)=S. The summed E-state index contributed by atoms with van der Waals surface area (Å²) in [7, 11) is -2.57. The van der Waals surface area contributed by atoms with Crippen molar-refractivity contribution >= 4 is 54.9 Å². The van der Waals surface area contributed by atoms with E-state index in [0.29, 0.717) is 4.47 Å². The second-order valence-electron chi connectivity index (χ2n) is 3.01. The summed E-state index contributed by atoms with van der Waals surface area (Å²) in [4.78, 5) is 1.86. The number of methoxy groups -OCH3 is 1. The van der Waals surface area contributed by atoms with Gasteiger partial charge in [-0.05, 0) is 40.3 Å². The highest BCUT2D eigenvalue weighted by Crippen LogP contribution is 2.35. The number of nitrogens with two attached hydrogens (primary N) is 1. The van der Waals surface area contributed by atoms with Crippen LogP contribution in [0.2, 0.25) is 5.02 Å². The standard InChI is InChI=1S/C8H9BrClN3O3S2/c1-16-7-5(9)2-4(10)3-6(7)18(14,15)13-12-8(11)17/h2-3,13H,1H3,(H3,11,12,17). The maximum atomic E-state index is 12.0. The highest BCUT2D eigenvalue weighted by Gasteiger charge is 2.22. The number of hydrazine groups is 1. The number of hydrogen-bond donors (Lipinski definition) is 3. The van der Waals surface area contributed by atoms with Crippen molar-refractivity contribution in [3.8, 4) is 5.75 Å². The van der Waals surface area contributed by atoms with Crippen LogP contribution in [0.3, 0.4) is 0 Å². The van der Waals surface area contributed by atoms with E-state index in [4.69, 9.17) is 22.1 Å². The van der Waals surface area contributed by atoms with Gasteiger partial charge in [0.25, 0.3) is 10.0 Å². The first kappa shape index (κ1) is 15.4. The van der Waals surface area contributed by atoms with Crippen molar-refractivity contribution in [3.63, 3.8) is 0 Å². The molecule has 0 spiro atoms. The second-order valence-corrected chi connectivity index (χ2v) is 6.40. The fourth-order valence-corrected chi connectivity index (χ4v) is 3.46. The van der Waals surface area contributed by atoms with Crippen LogP contribution >= 0.6 is 39.7 Å². The molecule has 0 saturated heterocycles. The van der Waals surface area contributed by atoms with E-state index in [-0.39, 0.29) is 20.8 Å². The van der Waals surface area contributed by atoms with Gasteiger partial charge < -0.3 is 10.5 Å². The van der Waals surface area contributed by atoms with Crippen molar-refractivity contribution in [2.24, 2.45) is 5.73 Å². The first-order valence-electron chi connectivity index (χ1n) is 4.38. The number of sulfonamides is 1. The summed E-state index contributed by atoms with van der Waals surface area (Å²) >= 11 is 13.5. The molecule has 1 aromatic rings. The third-order valence-electron chi connectivity index (χ3n) is 1.78. The number of benzene rings is 1. The molecule has 0 radical (unpaired) electrons. The second kappa shape index (κ2) is 6.02. The summed E-state index contributed by atoms with van der Waals surface area (Å²) < 4.78 is 29.4. The molecule has 100 valence electrons. The van der Waals surface area contributed by atoms with Crippen LogP contribution in [-0.4, -0.2) is 20.6 Å². The van der Waals surface area contributed by atoms with Crippen LogP contribution in [0.15, 0.2) is 21.5 Å². The summed E-state index contributed by atoms with van der Waals surface area (Å²) in [6, 6.07) is 2.76. The Morgan fingerprint density at radius 3 is 2.67 bits per heavy atom. The molecule has 6 nitrogen and oxygen atoms in total. The smallest absolute Gasteiger partial charge is 0.261 e. The number of rotatable bonds is 4. The van der Waals surface area contributed by atoms with Crippen LogP contribution in [0.4, 0.5) is 0 Å². The molecule has 1 aromatic carbocycles. The maximum Gasteiger partial charge on any atom is 0.261 e. The van der Waals surface area contributed by atoms with Crippen LogP contribution in [0.5, 0.6) is 5.75 Å². The third-order valence-corrected chi connectivity index (χ3v) is 3.94. The summed E-state index contributed by atoms with van der Waals surface area (Å²) in [5.41, 5.74) is 7.27. The first-order chi connectivity index (χ1) is 8.27. The van der Waals surface area contributed by atoms with Gasteiger partial charge in [0.2, 0.25) is 0 Å². The Balaban J connectivity index is 3.27. The highest BCUT2D eigenvalue weighted by atomic mass is 79.9. The van der Waals surface area contributed by atoms with Gasteiger partial charge in [-0.15, -0.1) is 4.83 Å².